The molecule has 4 nitrogen and oxygen atoms in total. The third-order valence-corrected chi connectivity index (χ3v) is 3.06. The molecule has 0 saturated heterocycles. The summed E-state index contributed by atoms with van der Waals surface area (Å²) < 4.78 is 18.7. The van der Waals surface area contributed by atoms with Crippen LogP contribution in [0, 0.1) is 11.7 Å². The molecule has 6 heteroatoms. The molecule has 0 aliphatic rings. The number of halogens is 2. The van der Waals surface area contributed by atoms with Gasteiger partial charge in [0.1, 0.15) is 11.6 Å². The average molecular weight is 333 g/mol. The Morgan fingerprint density at radius 3 is 2.84 bits per heavy atom. The Morgan fingerprint density at radius 1 is 1.53 bits per heavy atom. The quantitative estimate of drug-likeness (QED) is 0.787. The highest BCUT2D eigenvalue weighted by atomic mass is 79.9. The number of rotatable bonds is 6. The molecule has 0 saturated carbocycles. The normalized spacial score (nSPS) is 10.6. The molecule has 0 spiro atoms. The summed E-state index contributed by atoms with van der Waals surface area (Å²) in [5.41, 5.74) is 5.94. The minimum atomic E-state index is -0.482. The molecule has 0 radical (unpaired) electrons. The third kappa shape index (κ3) is 5.46. The minimum Gasteiger partial charge on any atom is -0.482 e. The van der Waals surface area contributed by atoms with Crippen molar-refractivity contribution in [3.05, 3.63) is 22.4 Å². The summed E-state index contributed by atoms with van der Waals surface area (Å²) in [4.78, 5) is 11.5. The van der Waals surface area contributed by atoms with Crippen molar-refractivity contribution < 1.29 is 13.9 Å². The second-order valence-corrected chi connectivity index (χ2v) is 5.48. The fourth-order valence-corrected chi connectivity index (χ4v) is 1.72. The Hall–Kier alpha value is -1.30. The van der Waals surface area contributed by atoms with Gasteiger partial charge in [0.15, 0.2) is 6.61 Å². The third-order valence-electron chi connectivity index (χ3n) is 2.46. The van der Waals surface area contributed by atoms with Crippen LogP contribution in [0.3, 0.4) is 0 Å². The highest BCUT2D eigenvalue weighted by Gasteiger charge is 2.09. The van der Waals surface area contributed by atoms with Crippen molar-refractivity contribution in [2.24, 2.45) is 5.92 Å². The molecule has 1 amide bonds. The smallest absolute Gasteiger partial charge is 0.257 e. The zero-order valence-electron chi connectivity index (χ0n) is 11.0. The van der Waals surface area contributed by atoms with Gasteiger partial charge < -0.3 is 15.8 Å². The van der Waals surface area contributed by atoms with Gasteiger partial charge in [0.25, 0.3) is 5.91 Å². The van der Waals surface area contributed by atoms with Crippen LogP contribution < -0.4 is 15.8 Å². The highest BCUT2D eigenvalue weighted by molar-refractivity contribution is 9.10. The number of hydrogen-bond donors (Lipinski definition) is 2. The average Bonchev–Trinajstić information content (AvgIpc) is 2.31. The molecule has 0 fully saturated rings. The number of nitrogens with one attached hydrogen (secondary N) is 1. The Bertz CT molecular complexity index is 453. The number of amides is 1. The lowest BCUT2D eigenvalue weighted by Gasteiger charge is -2.10. The van der Waals surface area contributed by atoms with E-state index in [2.05, 4.69) is 35.1 Å². The van der Waals surface area contributed by atoms with E-state index in [-0.39, 0.29) is 28.4 Å². The van der Waals surface area contributed by atoms with Crippen LogP contribution in [-0.4, -0.2) is 19.1 Å². The van der Waals surface area contributed by atoms with Crippen molar-refractivity contribution in [1.29, 1.82) is 0 Å². The fourth-order valence-electron chi connectivity index (χ4n) is 1.36. The van der Waals surface area contributed by atoms with Gasteiger partial charge >= 0.3 is 0 Å². The van der Waals surface area contributed by atoms with Gasteiger partial charge in [0.05, 0.1) is 10.2 Å². The molecule has 1 aromatic rings. The van der Waals surface area contributed by atoms with Crippen LogP contribution in [0.15, 0.2) is 16.6 Å². The second-order valence-electron chi connectivity index (χ2n) is 4.63. The monoisotopic (exact) mass is 332 g/mol. The predicted molar refractivity (Wildman–Crippen MR) is 76.5 cm³/mol. The maximum Gasteiger partial charge on any atom is 0.257 e. The molecule has 0 aliphatic heterocycles. The van der Waals surface area contributed by atoms with Gasteiger partial charge in [-0.15, -0.1) is 0 Å². The number of hydrogen-bond acceptors (Lipinski definition) is 3. The largest absolute Gasteiger partial charge is 0.482 e. The van der Waals surface area contributed by atoms with Crippen LogP contribution in [-0.2, 0) is 4.79 Å². The second kappa shape index (κ2) is 7.33. The molecule has 0 atom stereocenters. The van der Waals surface area contributed by atoms with Crippen LogP contribution in [0.1, 0.15) is 20.3 Å². The van der Waals surface area contributed by atoms with Crippen molar-refractivity contribution in [1.82, 2.24) is 5.32 Å². The zero-order valence-corrected chi connectivity index (χ0v) is 12.6. The molecule has 19 heavy (non-hydrogen) atoms. The summed E-state index contributed by atoms with van der Waals surface area (Å²) >= 11 is 3.02. The lowest BCUT2D eigenvalue weighted by molar-refractivity contribution is -0.123. The first-order valence-corrected chi connectivity index (χ1v) is 6.83. The number of ether oxygens (including phenoxy) is 1. The molecule has 0 unspecified atom stereocenters. The van der Waals surface area contributed by atoms with Crippen molar-refractivity contribution in [3.8, 4) is 5.75 Å². The highest BCUT2D eigenvalue weighted by Crippen LogP contribution is 2.28. The van der Waals surface area contributed by atoms with Crippen molar-refractivity contribution >= 4 is 27.5 Å². The van der Waals surface area contributed by atoms with E-state index >= 15 is 0 Å². The summed E-state index contributed by atoms with van der Waals surface area (Å²) in [6.45, 7) is 4.58. The Balaban J connectivity index is 2.44. The van der Waals surface area contributed by atoms with E-state index in [0.29, 0.717) is 12.5 Å². The predicted octanol–water partition coefficient (Wildman–Crippen LogP) is 2.71. The number of benzene rings is 1. The molecule has 3 N–H and O–H groups in total. The standard InChI is InChI=1S/C13H18BrFN2O2/c1-8(2)3-4-17-13(18)7-19-12-6-10(15)9(14)5-11(12)16/h5-6,8H,3-4,7,16H2,1-2H3,(H,17,18). The number of nitrogens with two attached hydrogens (primary N) is 1. The summed E-state index contributed by atoms with van der Waals surface area (Å²) in [6.07, 6.45) is 0.904. The summed E-state index contributed by atoms with van der Waals surface area (Å²) in [6, 6.07) is 2.56. The first-order chi connectivity index (χ1) is 8.90. The van der Waals surface area contributed by atoms with Gasteiger partial charge in [-0.1, -0.05) is 13.8 Å². The van der Waals surface area contributed by atoms with E-state index in [4.69, 9.17) is 10.5 Å². The molecule has 1 aromatic carbocycles. The van der Waals surface area contributed by atoms with E-state index in [0.717, 1.165) is 12.5 Å². The van der Waals surface area contributed by atoms with Crippen LogP contribution >= 0.6 is 15.9 Å². The summed E-state index contributed by atoms with van der Waals surface area (Å²) in [7, 11) is 0. The maximum absolute atomic E-state index is 13.3. The number of anilines is 1. The van der Waals surface area contributed by atoms with E-state index in [1.807, 2.05) is 0 Å². The van der Waals surface area contributed by atoms with Crippen molar-refractivity contribution in [2.75, 3.05) is 18.9 Å². The topological polar surface area (TPSA) is 64.3 Å². The Labute approximate surface area is 120 Å². The van der Waals surface area contributed by atoms with E-state index < -0.39 is 5.82 Å². The van der Waals surface area contributed by atoms with Gasteiger partial charge in [-0.25, -0.2) is 4.39 Å². The van der Waals surface area contributed by atoms with Crippen LogP contribution in [0.25, 0.3) is 0 Å². The van der Waals surface area contributed by atoms with Gasteiger partial charge in [-0.2, -0.15) is 0 Å². The minimum absolute atomic E-state index is 0.166. The SMILES string of the molecule is CC(C)CCNC(=O)COc1cc(F)c(Br)cc1N. The lowest BCUT2D eigenvalue weighted by Crippen LogP contribution is -2.30. The molecule has 1 rings (SSSR count). The number of carbonyl (C=O) groups is 1. The Morgan fingerprint density at radius 2 is 2.21 bits per heavy atom. The molecule has 0 aromatic heterocycles. The lowest BCUT2D eigenvalue weighted by atomic mass is 10.1. The zero-order chi connectivity index (χ0) is 14.4. The van der Waals surface area contributed by atoms with Gasteiger partial charge in [0, 0.05) is 12.6 Å². The first kappa shape index (κ1) is 15.8. The summed E-state index contributed by atoms with van der Waals surface area (Å²) in [5, 5.41) is 2.72. The molecular formula is C13H18BrFN2O2. The van der Waals surface area contributed by atoms with E-state index in [9.17, 15) is 9.18 Å². The Kier molecular flexibility index (Phi) is 6.08. The van der Waals surface area contributed by atoms with E-state index in [1.54, 1.807) is 0 Å². The summed E-state index contributed by atoms with van der Waals surface area (Å²) in [5.74, 6) is -0.0371. The molecule has 0 aliphatic carbocycles. The van der Waals surface area contributed by atoms with Crippen LogP contribution in [0.4, 0.5) is 10.1 Å². The van der Waals surface area contributed by atoms with Gasteiger partial charge in [-0.3, -0.25) is 4.79 Å². The molecular weight excluding hydrogens is 315 g/mol. The van der Waals surface area contributed by atoms with Crippen molar-refractivity contribution in [3.63, 3.8) is 0 Å². The fraction of sp³-hybridized carbons (Fsp3) is 0.462. The number of nitrogen functional groups attached to an aromatic ring is 1. The van der Waals surface area contributed by atoms with Crippen molar-refractivity contribution in [2.45, 2.75) is 20.3 Å². The molecule has 106 valence electrons. The van der Waals surface area contributed by atoms with Crippen LogP contribution in [0.2, 0.25) is 0 Å². The molecule has 0 bridgehead atoms. The van der Waals surface area contributed by atoms with E-state index in [1.165, 1.54) is 6.07 Å². The molecule has 0 heterocycles. The van der Waals surface area contributed by atoms with Crippen LogP contribution in [0.5, 0.6) is 5.75 Å². The first-order valence-electron chi connectivity index (χ1n) is 6.04. The maximum atomic E-state index is 13.3. The van der Waals surface area contributed by atoms with Gasteiger partial charge in [0.2, 0.25) is 0 Å². The van der Waals surface area contributed by atoms with Gasteiger partial charge in [-0.05, 0) is 34.3 Å². The number of carbonyl (C=O) groups excluding carboxylic acids is 1.